The van der Waals surface area contributed by atoms with E-state index < -0.39 is 64.1 Å². The maximum Gasteiger partial charge on any atom is 0.323 e. The van der Waals surface area contributed by atoms with E-state index in [1.807, 2.05) is 26.0 Å². The van der Waals surface area contributed by atoms with Crippen molar-refractivity contribution in [3.63, 3.8) is 0 Å². The summed E-state index contributed by atoms with van der Waals surface area (Å²) >= 11 is 0. The number of nitrogens with two attached hydrogens (primary N) is 1. The second-order valence-electron chi connectivity index (χ2n) is 13.3. The average Bonchev–Trinajstić information content (AvgIpc) is 3.02. The van der Waals surface area contributed by atoms with Crippen molar-refractivity contribution in [2.45, 2.75) is 57.8 Å². The maximum absolute atomic E-state index is 14.2. The predicted molar refractivity (Wildman–Crippen MR) is 178 cm³/mol. The molecule has 13 heteroatoms. The van der Waals surface area contributed by atoms with Crippen LogP contribution in [0.2, 0.25) is 0 Å². The molecule has 5 atom stereocenters. The van der Waals surface area contributed by atoms with E-state index in [1.165, 1.54) is 18.1 Å². The number of hydrogen-bond acceptors (Lipinski definition) is 12. The summed E-state index contributed by atoms with van der Waals surface area (Å²) < 4.78 is 10.9. The zero-order chi connectivity index (χ0) is 36.1. The molecule has 0 heterocycles. The number of hydrogen-bond donors (Lipinski definition) is 6. The number of Topliss-reactive ketones (excluding diaryl/α,β-unsaturated/α-hetero) is 2. The Kier molecular flexibility index (Phi) is 9.66. The number of aliphatic hydroxyl groups is 3. The number of aliphatic hydroxyl groups excluding tert-OH is 2. The van der Waals surface area contributed by atoms with Gasteiger partial charge in [-0.15, -0.1) is 0 Å². The molecule has 0 aliphatic heterocycles. The third kappa shape index (κ3) is 5.75. The van der Waals surface area contributed by atoms with Crippen molar-refractivity contribution in [2.75, 3.05) is 27.8 Å². The molecule has 262 valence electrons. The van der Waals surface area contributed by atoms with Crippen molar-refractivity contribution in [1.29, 1.82) is 0 Å². The number of nitrogens with zero attached hydrogens (tertiary/aromatic N) is 1. The van der Waals surface area contributed by atoms with Crippen molar-refractivity contribution < 1.29 is 49.1 Å². The molecule has 1 amide bonds. The van der Waals surface area contributed by atoms with Crippen LogP contribution in [0.15, 0.2) is 47.2 Å². The van der Waals surface area contributed by atoms with E-state index in [9.17, 15) is 39.6 Å². The minimum atomic E-state index is -2.72. The highest BCUT2D eigenvalue weighted by atomic mass is 16.5. The largest absolute Gasteiger partial charge is 0.508 e. The number of carbonyl (C=O) groups is 4. The molecule has 0 saturated heterocycles. The second kappa shape index (κ2) is 13.3. The van der Waals surface area contributed by atoms with Gasteiger partial charge < -0.3 is 41.0 Å². The summed E-state index contributed by atoms with van der Waals surface area (Å²) in [6.45, 7) is 6.16. The van der Waals surface area contributed by atoms with Crippen molar-refractivity contribution in [2.24, 2.45) is 23.5 Å². The fraction of sp³-hybridized carbons (Fsp3) is 0.444. The number of rotatable bonds is 10. The van der Waals surface area contributed by atoms with Crippen molar-refractivity contribution in [3.05, 3.63) is 63.9 Å². The maximum atomic E-state index is 14.2. The Morgan fingerprint density at radius 1 is 1.10 bits per heavy atom. The number of benzene rings is 2. The van der Waals surface area contributed by atoms with Crippen LogP contribution < -0.4 is 15.8 Å². The molecular formula is C36H43N3O10. The van der Waals surface area contributed by atoms with Gasteiger partial charge in [-0.1, -0.05) is 26.0 Å². The lowest BCUT2D eigenvalue weighted by Gasteiger charge is -2.50. The van der Waals surface area contributed by atoms with Crippen molar-refractivity contribution in [1.82, 2.24) is 10.2 Å². The van der Waals surface area contributed by atoms with E-state index in [1.54, 1.807) is 33.2 Å². The molecule has 1 saturated carbocycles. The molecule has 49 heavy (non-hydrogen) atoms. The van der Waals surface area contributed by atoms with Crippen molar-refractivity contribution >= 4 is 29.2 Å². The number of aromatic hydroxyl groups is 1. The summed E-state index contributed by atoms with van der Waals surface area (Å²) in [7, 11) is 4.61. The van der Waals surface area contributed by atoms with E-state index in [2.05, 4.69) is 5.32 Å². The van der Waals surface area contributed by atoms with Crippen LogP contribution in [-0.4, -0.2) is 94.3 Å². The third-order valence-corrected chi connectivity index (χ3v) is 9.89. The van der Waals surface area contributed by atoms with Gasteiger partial charge >= 0.3 is 5.97 Å². The number of carbonyl (C=O) groups excluding carboxylic acids is 4. The molecule has 7 N–H and O–H groups in total. The van der Waals surface area contributed by atoms with Gasteiger partial charge in [0.15, 0.2) is 11.4 Å². The number of esters is 1. The minimum absolute atomic E-state index is 0.0263. The first-order chi connectivity index (χ1) is 23.1. The van der Waals surface area contributed by atoms with Gasteiger partial charge in [0.25, 0.3) is 5.91 Å². The van der Waals surface area contributed by atoms with Crippen LogP contribution in [0.1, 0.15) is 43.9 Å². The smallest absolute Gasteiger partial charge is 0.323 e. The molecule has 13 nitrogen and oxygen atoms in total. The third-order valence-electron chi connectivity index (χ3n) is 9.89. The Morgan fingerprint density at radius 2 is 1.80 bits per heavy atom. The van der Waals surface area contributed by atoms with Crippen molar-refractivity contribution in [3.8, 4) is 22.6 Å². The number of phenols is 1. The summed E-state index contributed by atoms with van der Waals surface area (Å²) in [6, 6.07) is 6.82. The fourth-order valence-electron chi connectivity index (χ4n) is 7.62. The minimum Gasteiger partial charge on any atom is -0.508 e. The first kappa shape index (κ1) is 35.6. The molecule has 3 aliphatic rings. The monoisotopic (exact) mass is 677 g/mol. The number of amides is 1. The molecule has 0 aromatic heterocycles. The summed E-state index contributed by atoms with van der Waals surface area (Å²) in [4.78, 5) is 53.8. The van der Waals surface area contributed by atoms with Gasteiger partial charge in [-0.2, -0.15) is 0 Å². The Morgan fingerprint density at radius 3 is 2.39 bits per heavy atom. The molecule has 0 spiro atoms. The lowest BCUT2D eigenvalue weighted by molar-refractivity contribution is -0.153. The van der Waals surface area contributed by atoms with Gasteiger partial charge in [-0.05, 0) is 80.6 Å². The normalized spacial score (nSPS) is 24.1. The first-order valence-corrected chi connectivity index (χ1v) is 16.2. The standard InChI is InChI=1S/C36H43N3O10/c1-7-49-35(46)28(16(2)3)38-15-17-8-11-24(48-6)20(12-17)19-9-10-23(40)26-21(19)13-18-14-22-29(39(4)5)31(42)27(34(37)45)33(44)36(22,47)32(43)25(18)30(26)41/h8-12,16,18,22,28-29,38,40-41,44,47H,7,13-15H2,1-6H3,(H2,37,45)/t18-,22-,28?,29-,36-/m1/s1. The summed E-state index contributed by atoms with van der Waals surface area (Å²) in [5.74, 6) is -7.06. The Labute approximate surface area is 284 Å². The number of nitrogens with one attached hydrogen (secondary N) is 1. The van der Waals surface area contributed by atoms with E-state index in [0.29, 0.717) is 29.0 Å². The van der Waals surface area contributed by atoms with Crippen LogP contribution >= 0.6 is 0 Å². The Balaban J connectivity index is 1.62. The molecule has 0 bridgehead atoms. The molecule has 1 unspecified atom stereocenters. The number of ether oxygens (including phenoxy) is 2. The number of likely N-dealkylation sites (N-methyl/N-ethyl adjacent to an activating group) is 1. The van der Waals surface area contributed by atoms with E-state index in [-0.39, 0.29) is 48.2 Å². The summed E-state index contributed by atoms with van der Waals surface area (Å²) in [5.41, 5.74) is 4.09. The van der Waals surface area contributed by atoms with Crippen LogP contribution in [0.5, 0.6) is 11.5 Å². The molecule has 2 aromatic rings. The molecule has 0 radical (unpaired) electrons. The van der Waals surface area contributed by atoms with Crippen LogP contribution in [0, 0.1) is 17.8 Å². The zero-order valence-corrected chi connectivity index (χ0v) is 28.4. The lowest BCUT2D eigenvalue weighted by Crippen LogP contribution is -2.65. The zero-order valence-electron chi connectivity index (χ0n) is 28.4. The topological polar surface area (TPSA) is 209 Å². The quantitative estimate of drug-likeness (QED) is 0.158. The highest BCUT2D eigenvalue weighted by Crippen LogP contribution is 2.54. The second-order valence-corrected chi connectivity index (χ2v) is 13.3. The molecule has 2 aromatic carbocycles. The fourth-order valence-corrected chi connectivity index (χ4v) is 7.62. The highest BCUT2D eigenvalue weighted by molar-refractivity contribution is 6.24. The number of phenolic OH excluding ortho intramolecular Hbond substituents is 1. The van der Waals surface area contributed by atoms with E-state index in [0.717, 1.165) is 5.56 Å². The number of ketones is 2. The summed E-state index contributed by atoms with van der Waals surface area (Å²) in [6.07, 6.45) is 0.0780. The van der Waals surface area contributed by atoms with Crippen LogP contribution in [-0.2, 0) is 36.9 Å². The highest BCUT2D eigenvalue weighted by Gasteiger charge is 2.64. The first-order valence-electron chi connectivity index (χ1n) is 16.2. The van der Waals surface area contributed by atoms with Gasteiger partial charge in [0.05, 0.1) is 25.3 Å². The van der Waals surface area contributed by atoms with E-state index >= 15 is 0 Å². The molecule has 1 fully saturated rings. The number of fused-ring (bicyclic) bond motifs is 3. The lowest BCUT2D eigenvalue weighted by atomic mass is 9.57. The summed E-state index contributed by atoms with van der Waals surface area (Å²) in [5, 5.41) is 48.9. The van der Waals surface area contributed by atoms with Crippen LogP contribution in [0.25, 0.3) is 16.9 Å². The molecular weight excluding hydrogens is 634 g/mol. The predicted octanol–water partition coefficient (Wildman–Crippen LogP) is 2.32. The number of primary amides is 1. The van der Waals surface area contributed by atoms with Gasteiger partial charge in [0.1, 0.15) is 34.6 Å². The van der Waals surface area contributed by atoms with Crippen LogP contribution in [0.4, 0.5) is 0 Å². The van der Waals surface area contributed by atoms with E-state index in [4.69, 9.17) is 15.2 Å². The molecule has 3 aliphatic carbocycles. The van der Waals surface area contributed by atoms with Gasteiger partial charge in [-0.3, -0.25) is 24.1 Å². The number of methoxy groups -OCH3 is 1. The SMILES string of the molecule is CCOC(=O)C(NCc1ccc(OC)c(-c2ccc(O)c3c2C[C@@H]2C[C@@H]4[C@@H](N(C)C)C(=O)C(C(N)=O)=C(O)[C@]4(O)C(=O)C2=C3O)c1)C(C)C. The van der Waals surface area contributed by atoms with Gasteiger partial charge in [0, 0.05) is 23.6 Å². The van der Waals surface area contributed by atoms with Gasteiger partial charge in [-0.25, -0.2) is 0 Å². The molecule has 5 rings (SSSR count). The van der Waals surface area contributed by atoms with Crippen LogP contribution in [0.3, 0.4) is 0 Å². The average molecular weight is 678 g/mol. The Bertz CT molecular complexity index is 1790. The Hall–Kier alpha value is -4.72. The van der Waals surface area contributed by atoms with Gasteiger partial charge in [0.2, 0.25) is 5.78 Å².